The third kappa shape index (κ3) is 3.21. The molecule has 0 heterocycles. The fraction of sp³-hybridized carbons (Fsp3) is 1.00. The fourth-order valence-electron chi connectivity index (χ4n) is 1.40. The second-order valence-electron chi connectivity index (χ2n) is 3.75. The molecule has 1 rings (SSSR count). The third-order valence-electron chi connectivity index (χ3n) is 2.40. The van der Waals surface area contributed by atoms with E-state index in [1.165, 1.54) is 6.42 Å². The SMILES string of the molecule is CC(CCCO)NC1CC1C. The van der Waals surface area contributed by atoms with Crippen LogP contribution in [-0.2, 0) is 0 Å². The second-order valence-corrected chi connectivity index (χ2v) is 3.75. The standard InChI is InChI=1S/C9H19NO/c1-7-6-9(7)10-8(2)4-3-5-11/h7-11H,3-6H2,1-2H3. The van der Waals surface area contributed by atoms with Crippen molar-refractivity contribution in [3.05, 3.63) is 0 Å². The van der Waals surface area contributed by atoms with E-state index < -0.39 is 0 Å². The molecule has 3 unspecified atom stereocenters. The molecule has 0 radical (unpaired) electrons. The van der Waals surface area contributed by atoms with Gasteiger partial charge in [-0.05, 0) is 32.1 Å². The Morgan fingerprint density at radius 2 is 2.27 bits per heavy atom. The highest BCUT2D eigenvalue weighted by Gasteiger charge is 2.32. The van der Waals surface area contributed by atoms with E-state index in [0.717, 1.165) is 24.8 Å². The Morgan fingerprint density at radius 3 is 2.73 bits per heavy atom. The van der Waals surface area contributed by atoms with E-state index in [-0.39, 0.29) is 0 Å². The molecule has 0 spiro atoms. The van der Waals surface area contributed by atoms with Crippen LogP contribution in [-0.4, -0.2) is 23.8 Å². The van der Waals surface area contributed by atoms with Gasteiger partial charge in [0, 0.05) is 18.7 Å². The molecule has 2 heteroatoms. The van der Waals surface area contributed by atoms with Gasteiger partial charge >= 0.3 is 0 Å². The quantitative estimate of drug-likeness (QED) is 0.627. The normalized spacial score (nSPS) is 31.9. The van der Waals surface area contributed by atoms with Crippen molar-refractivity contribution in [3.8, 4) is 0 Å². The minimum atomic E-state index is 0.326. The van der Waals surface area contributed by atoms with Crippen LogP contribution in [0.2, 0.25) is 0 Å². The number of aliphatic hydroxyl groups excluding tert-OH is 1. The van der Waals surface area contributed by atoms with E-state index in [1.54, 1.807) is 0 Å². The summed E-state index contributed by atoms with van der Waals surface area (Å²) in [6.07, 6.45) is 3.36. The lowest BCUT2D eigenvalue weighted by Gasteiger charge is -2.11. The van der Waals surface area contributed by atoms with Gasteiger partial charge in [0.25, 0.3) is 0 Å². The van der Waals surface area contributed by atoms with Gasteiger partial charge < -0.3 is 10.4 Å². The maximum atomic E-state index is 8.59. The summed E-state index contributed by atoms with van der Waals surface area (Å²) in [5.41, 5.74) is 0. The van der Waals surface area contributed by atoms with Gasteiger partial charge in [-0.3, -0.25) is 0 Å². The maximum absolute atomic E-state index is 8.59. The number of hydrogen-bond acceptors (Lipinski definition) is 2. The zero-order valence-electron chi connectivity index (χ0n) is 7.51. The van der Waals surface area contributed by atoms with Crippen molar-refractivity contribution in [1.29, 1.82) is 0 Å². The van der Waals surface area contributed by atoms with Crippen LogP contribution in [0.25, 0.3) is 0 Å². The topological polar surface area (TPSA) is 32.3 Å². The molecule has 1 fully saturated rings. The van der Waals surface area contributed by atoms with Crippen LogP contribution in [0, 0.1) is 5.92 Å². The molecule has 1 saturated carbocycles. The summed E-state index contributed by atoms with van der Waals surface area (Å²) in [5.74, 6) is 0.881. The van der Waals surface area contributed by atoms with Crippen LogP contribution in [0.3, 0.4) is 0 Å². The molecule has 11 heavy (non-hydrogen) atoms. The Hall–Kier alpha value is -0.0800. The van der Waals surface area contributed by atoms with Crippen molar-refractivity contribution in [2.75, 3.05) is 6.61 Å². The lowest BCUT2D eigenvalue weighted by Crippen LogP contribution is -2.29. The molecule has 1 aliphatic carbocycles. The zero-order valence-corrected chi connectivity index (χ0v) is 7.51. The van der Waals surface area contributed by atoms with Crippen molar-refractivity contribution in [3.63, 3.8) is 0 Å². The molecular formula is C9H19NO. The summed E-state index contributed by atoms with van der Waals surface area (Å²) in [5, 5.41) is 12.1. The van der Waals surface area contributed by atoms with E-state index in [1.807, 2.05) is 0 Å². The number of aliphatic hydroxyl groups is 1. The third-order valence-corrected chi connectivity index (χ3v) is 2.40. The van der Waals surface area contributed by atoms with Crippen molar-refractivity contribution >= 4 is 0 Å². The van der Waals surface area contributed by atoms with Gasteiger partial charge in [0.15, 0.2) is 0 Å². The van der Waals surface area contributed by atoms with E-state index in [9.17, 15) is 0 Å². The van der Waals surface area contributed by atoms with Crippen LogP contribution in [0.15, 0.2) is 0 Å². The molecule has 0 amide bonds. The zero-order chi connectivity index (χ0) is 8.27. The molecule has 66 valence electrons. The second kappa shape index (κ2) is 4.07. The minimum absolute atomic E-state index is 0.326. The smallest absolute Gasteiger partial charge is 0.0431 e. The molecule has 0 bridgehead atoms. The first-order chi connectivity index (χ1) is 5.24. The van der Waals surface area contributed by atoms with Gasteiger partial charge in [0.05, 0.1) is 0 Å². The van der Waals surface area contributed by atoms with Crippen molar-refractivity contribution in [2.45, 2.75) is 45.2 Å². The monoisotopic (exact) mass is 157 g/mol. The predicted molar refractivity (Wildman–Crippen MR) is 46.5 cm³/mol. The van der Waals surface area contributed by atoms with Crippen LogP contribution < -0.4 is 5.32 Å². The lowest BCUT2D eigenvalue weighted by atomic mass is 10.2. The fourth-order valence-corrected chi connectivity index (χ4v) is 1.40. The van der Waals surface area contributed by atoms with Gasteiger partial charge in [-0.15, -0.1) is 0 Å². The highest BCUT2D eigenvalue weighted by atomic mass is 16.2. The molecule has 3 atom stereocenters. The molecule has 0 aromatic heterocycles. The van der Waals surface area contributed by atoms with Crippen molar-refractivity contribution in [1.82, 2.24) is 5.32 Å². The summed E-state index contributed by atoms with van der Waals surface area (Å²) in [4.78, 5) is 0. The van der Waals surface area contributed by atoms with Gasteiger partial charge in [-0.2, -0.15) is 0 Å². The maximum Gasteiger partial charge on any atom is 0.0431 e. The summed E-state index contributed by atoms with van der Waals surface area (Å²) in [7, 11) is 0. The highest BCUT2D eigenvalue weighted by molar-refractivity contribution is 4.90. The van der Waals surface area contributed by atoms with Crippen LogP contribution in [0.4, 0.5) is 0 Å². The summed E-state index contributed by atoms with van der Waals surface area (Å²) in [6, 6.07) is 1.35. The van der Waals surface area contributed by atoms with Gasteiger partial charge in [0.2, 0.25) is 0 Å². The Kier molecular flexibility index (Phi) is 3.34. The molecule has 1 aliphatic rings. The number of hydrogen-bond donors (Lipinski definition) is 2. The Morgan fingerprint density at radius 1 is 1.64 bits per heavy atom. The average Bonchev–Trinajstić information content (AvgIpc) is 2.62. The first kappa shape index (κ1) is 9.01. The molecule has 0 saturated heterocycles. The molecule has 2 nitrogen and oxygen atoms in total. The van der Waals surface area contributed by atoms with Crippen molar-refractivity contribution < 1.29 is 5.11 Å². The molecule has 0 aromatic carbocycles. The molecule has 2 N–H and O–H groups in total. The Labute approximate surface area is 69.0 Å². The number of rotatable bonds is 5. The summed E-state index contributed by atoms with van der Waals surface area (Å²) in [6.45, 7) is 4.80. The molecule has 0 aromatic rings. The van der Waals surface area contributed by atoms with Gasteiger partial charge in [0.1, 0.15) is 0 Å². The molecule has 0 aliphatic heterocycles. The van der Waals surface area contributed by atoms with E-state index >= 15 is 0 Å². The van der Waals surface area contributed by atoms with E-state index in [4.69, 9.17) is 5.11 Å². The Balaban J connectivity index is 1.97. The first-order valence-corrected chi connectivity index (χ1v) is 4.61. The summed E-state index contributed by atoms with van der Waals surface area (Å²) < 4.78 is 0. The number of nitrogens with one attached hydrogen (secondary N) is 1. The Bertz CT molecular complexity index is 116. The molecular weight excluding hydrogens is 138 g/mol. The highest BCUT2D eigenvalue weighted by Crippen LogP contribution is 2.29. The van der Waals surface area contributed by atoms with Crippen LogP contribution in [0.5, 0.6) is 0 Å². The van der Waals surface area contributed by atoms with Crippen LogP contribution >= 0.6 is 0 Å². The summed E-state index contributed by atoms with van der Waals surface area (Å²) >= 11 is 0. The minimum Gasteiger partial charge on any atom is -0.396 e. The first-order valence-electron chi connectivity index (χ1n) is 4.61. The van der Waals surface area contributed by atoms with Crippen LogP contribution in [0.1, 0.15) is 33.1 Å². The average molecular weight is 157 g/mol. The van der Waals surface area contributed by atoms with E-state index in [2.05, 4.69) is 19.2 Å². The predicted octanol–water partition coefficient (Wildman–Crippen LogP) is 1.15. The van der Waals surface area contributed by atoms with Crippen molar-refractivity contribution in [2.24, 2.45) is 5.92 Å². The lowest BCUT2D eigenvalue weighted by molar-refractivity contribution is 0.276. The largest absolute Gasteiger partial charge is 0.396 e. The van der Waals surface area contributed by atoms with Gasteiger partial charge in [-0.1, -0.05) is 6.92 Å². The van der Waals surface area contributed by atoms with E-state index in [0.29, 0.717) is 12.6 Å². The van der Waals surface area contributed by atoms with Gasteiger partial charge in [-0.25, -0.2) is 0 Å².